The molecular weight excluding hydrogens is 220 g/mol. The molecule has 1 aromatic rings. The molecule has 1 aliphatic heterocycles. The summed E-state index contributed by atoms with van der Waals surface area (Å²) in [6.07, 6.45) is 3.81. The summed E-state index contributed by atoms with van der Waals surface area (Å²) in [6.45, 7) is 8.17. The maximum absolute atomic E-state index is 3.64. The first-order chi connectivity index (χ1) is 8.81. The van der Waals surface area contributed by atoms with E-state index in [9.17, 15) is 0 Å². The molecular formula is C16H26N2. The fourth-order valence-corrected chi connectivity index (χ4v) is 2.78. The smallest absolute Gasteiger partial charge is 0.0319 e. The molecule has 18 heavy (non-hydrogen) atoms. The molecule has 1 fully saturated rings. The largest absolute Gasteiger partial charge is 0.314 e. The van der Waals surface area contributed by atoms with Crippen molar-refractivity contribution in [1.82, 2.24) is 10.2 Å². The van der Waals surface area contributed by atoms with Gasteiger partial charge in [0, 0.05) is 25.2 Å². The van der Waals surface area contributed by atoms with E-state index in [4.69, 9.17) is 0 Å². The summed E-state index contributed by atoms with van der Waals surface area (Å²) < 4.78 is 0. The Balaban J connectivity index is 1.82. The Morgan fingerprint density at radius 3 is 2.50 bits per heavy atom. The SMILES string of the molecule is CCCNC1CCN(C(C)c2ccccc2)CC1. The van der Waals surface area contributed by atoms with Crippen LogP contribution in [-0.4, -0.2) is 30.6 Å². The molecule has 0 spiro atoms. The summed E-state index contributed by atoms with van der Waals surface area (Å²) >= 11 is 0. The fraction of sp³-hybridized carbons (Fsp3) is 0.625. The van der Waals surface area contributed by atoms with Gasteiger partial charge in [0.25, 0.3) is 0 Å². The highest BCUT2D eigenvalue weighted by Crippen LogP contribution is 2.23. The molecule has 100 valence electrons. The van der Waals surface area contributed by atoms with Crippen molar-refractivity contribution in [3.05, 3.63) is 35.9 Å². The van der Waals surface area contributed by atoms with Gasteiger partial charge in [-0.05, 0) is 38.3 Å². The third-order valence-electron chi connectivity index (χ3n) is 4.04. The molecule has 1 saturated heterocycles. The van der Waals surface area contributed by atoms with E-state index in [2.05, 4.69) is 54.4 Å². The van der Waals surface area contributed by atoms with Gasteiger partial charge in [-0.3, -0.25) is 4.90 Å². The minimum Gasteiger partial charge on any atom is -0.314 e. The van der Waals surface area contributed by atoms with E-state index >= 15 is 0 Å². The first kappa shape index (κ1) is 13.6. The predicted octanol–water partition coefficient (Wildman–Crippen LogP) is 3.21. The maximum Gasteiger partial charge on any atom is 0.0319 e. The summed E-state index contributed by atoms with van der Waals surface area (Å²) in [6, 6.07) is 12.2. The number of nitrogens with one attached hydrogen (secondary N) is 1. The highest BCUT2D eigenvalue weighted by Gasteiger charge is 2.22. The van der Waals surface area contributed by atoms with Crippen molar-refractivity contribution in [2.24, 2.45) is 0 Å². The number of piperidine rings is 1. The third kappa shape index (κ3) is 3.56. The second-order valence-electron chi connectivity index (χ2n) is 5.35. The van der Waals surface area contributed by atoms with E-state index in [-0.39, 0.29) is 0 Å². The van der Waals surface area contributed by atoms with Crippen molar-refractivity contribution in [3.63, 3.8) is 0 Å². The quantitative estimate of drug-likeness (QED) is 0.858. The lowest BCUT2D eigenvalue weighted by Crippen LogP contribution is -2.43. The van der Waals surface area contributed by atoms with Gasteiger partial charge in [0.2, 0.25) is 0 Å². The number of benzene rings is 1. The average molecular weight is 246 g/mol. The van der Waals surface area contributed by atoms with Gasteiger partial charge in [0.05, 0.1) is 0 Å². The van der Waals surface area contributed by atoms with E-state index in [1.165, 1.54) is 44.5 Å². The first-order valence-electron chi connectivity index (χ1n) is 7.33. The van der Waals surface area contributed by atoms with Crippen LogP contribution in [0.2, 0.25) is 0 Å². The van der Waals surface area contributed by atoms with Gasteiger partial charge in [0.1, 0.15) is 0 Å². The Bertz CT molecular complexity index is 328. The monoisotopic (exact) mass is 246 g/mol. The minimum absolute atomic E-state index is 0.554. The molecule has 1 unspecified atom stereocenters. The van der Waals surface area contributed by atoms with Crippen LogP contribution in [-0.2, 0) is 0 Å². The van der Waals surface area contributed by atoms with Crippen LogP contribution in [0.3, 0.4) is 0 Å². The Labute approximate surface area is 111 Å². The van der Waals surface area contributed by atoms with Crippen molar-refractivity contribution in [1.29, 1.82) is 0 Å². The zero-order valence-electron chi connectivity index (χ0n) is 11.7. The van der Waals surface area contributed by atoms with E-state index in [0.717, 1.165) is 6.04 Å². The van der Waals surface area contributed by atoms with Crippen LogP contribution in [0.5, 0.6) is 0 Å². The van der Waals surface area contributed by atoms with Gasteiger partial charge < -0.3 is 5.32 Å². The van der Waals surface area contributed by atoms with Crippen LogP contribution in [0.15, 0.2) is 30.3 Å². The van der Waals surface area contributed by atoms with Crippen molar-refractivity contribution >= 4 is 0 Å². The lowest BCUT2D eigenvalue weighted by molar-refractivity contribution is 0.153. The summed E-state index contributed by atoms with van der Waals surface area (Å²) in [5.41, 5.74) is 1.44. The number of hydrogen-bond acceptors (Lipinski definition) is 2. The standard InChI is InChI=1S/C16H26N2/c1-3-11-17-16-9-12-18(13-10-16)14(2)15-7-5-4-6-8-15/h4-8,14,16-17H,3,9-13H2,1-2H3. The number of nitrogens with zero attached hydrogens (tertiary/aromatic N) is 1. The molecule has 0 aromatic heterocycles. The van der Waals surface area contributed by atoms with Gasteiger partial charge in [0.15, 0.2) is 0 Å². The minimum atomic E-state index is 0.554. The van der Waals surface area contributed by atoms with E-state index in [1.807, 2.05) is 0 Å². The molecule has 0 saturated carbocycles. The third-order valence-corrected chi connectivity index (χ3v) is 4.04. The molecule has 1 aromatic carbocycles. The van der Waals surface area contributed by atoms with Gasteiger partial charge in [-0.1, -0.05) is 37.3 Å². The van der Waals surface area contributed by atoms with Crippen LogP contribution < -0.4 is 5.32 Å². The Morgan fingerprint density at radius 1 is 1.22 bits per heavy atom. The lowest BCUT2D eigenvalue weighted by Gasteiger charge is -2.36. The Morgan fingerprint density at radius 2 is 1.89 bits per heavy atom. The molecule has 2 heteroatoms. The highest BCUT2D eigenvalue weighted by molar-refractivity contribution is 5.18. The summed E-state index contributed by atoms with van der Waals surface area (Å²) in [5.74, 6) is 0. The van der Waals surface area contributed by atoms with Crippen LogP contribution in [0.1, 0.15) is 44.7 Å². The van der Waals surface area contributed by atoms with E-state index in [0.29, 0.717) is 6.04 Å². The second kappa shape index (κ2) is 6.91. The van der Waals surface area contributed by atoms with Gasteiger partial charge in [-0.15, -0.1) is 0 Å². The lowest BCUT2D eigenvalue weighted by atomic mass is 10.00. The Hall–Kier alpha value is -0.860. The van der Waals surface area contributed by atoms with Gasteiger partial charge in [-0.2, -0.15) is 0 Å². The Kier molecular flexibility index (Phi) is 5.21. The normalized spacial score (nSPS) is 19.9. The fourth-order valence-electron chi connectivity index (χ4n) is 2.78. The molecule has 0 aliphatic carbocycles. The van der Waals surface area contributed by atoms with E-state index in [1.54, 1.807) is 0 Å². The summed E-state index contributed by atoms with van der Waals surface area (Å²) in [7, 11) is 0. The molecule has 0 bridgehead atoms. The zero-order valence-corrected chi connectivity index (χ0v) is 11.7. The van der Waals surface area contributed by atoms with E-state index < -0.39 is 0 Å². The second-order valence-corrected chi connectivity index (χ2v) is 5.35. The van der Waals surface area contributed by atoms with Crippen molar-refractivity contribution in [3.8, 4) is 0 Å². The molecule has 2 nitrogen and oxygen atoms in total. The molecule has 1 N–H and O–H groups in total. The van der Waals surface area contributed by atoms with Crippen LogP contribution in [0, 0.1) is 0 Å². The number of rotatable bonds is 5. The molecule has 1 heterocycles. The molecule has 1 aliphatic rings. The first-order valence-corrected chi connectivity index (χ1v) is 7.33. The molecule has 0 amide bonds. The van der Waals surface area contributed by atoms with Gasteiger partial charge >= 0.3 is 0 Å². The maximum atomic E-state index is 3.64. The predicted molar refractivity (Wildman–Crippen MR) is 77.7 cm³/mol. The molecule has 1 atom stereocenters. The zero-order chi connectivity index (χ0) is 12.8. The number of hydrogen-bond donors (Lipinski definition) is 1. The van der Waals surface area contributed by atoms with Crippen LogP contribution >= 0.6 is 0 Å². The van der Waals surface area contributed by atoms with Crippen molar-refractivity contribution in [2.75, 3.05) is 19.6 Å². The summed E-state index contributed by atoms with van der Waals surface area (Å²) in [5, 5.41) is 3.64. The highest BCUT2D eigenvalue weighted by atomic mass is 15.2. The van der Waals surface area contributed by atoms with Gasteiger partial charge in [-0.25, -0.2) is 0 Å². The molecule has 0 radical (unpaired) electrons. The van der Waals surface area contributed by atoms with Crippen molar-refractivity contribution in [2.45, 2.75) is 45.2 Å². The average Bonchev–Trinajstić information content (AvgIpc) is 2.46. The van der Waals surface area contributed by atoms with Crippen LogP contribution in [0.4, 0.5) is 0 Å². The topological polar surface area (TPSA) is 15.3 Å². The molecule has 2 rings (SSSR count). The van der Waals surface area contributed by atoms with Crippen LogP contribution in [0.25, 0.3) is 0 Å². The van der Waals surface area contributed by atoms with Crippen molar-refractivity contribution < 1.29 is 0 Å². The summed E-state index contributed by atoms with van der Waals surface area (Å²) in [4.78, 5) is 2.61. The number of likely N-dealkylation sites (tertiary alicyclic amines) is 1.